The van der Waals surface area contributed by atoms with Crippen LogP contribution >= 0.6 is 11.6 Å². The summed E-state index contributed by atoms with van der Waals surface area (Å²) in [7, 11) is 0. The number of aromatic nitrogens is 1. The minimum atomic E-state index is -0.625. The van der Waals surface area contributed by atoms with Gasteiger partial charge < -0.3 is 15.0 Å². The second-order valence-electron chi connectivity index (χ2n) is 6.04. The lowest BCUT2D eigenvalue weighted by molar-refractivity contribution is -0.129. The Morgan fingerprint density at radius 2 is 1.85 bits per heavy atom. The summed E-state index contributed by atoms with van der Waals surface area (Å²) < 4.78 is 5.52. The first kappa shape index (κ1) is 18.8. The van der Waals surface area contributed by atoms with Gasteiger partial charge in [-0.15, -0.1) is 0 Å². The number of rotatable bonds is 5. The Hall–Kier alpha value is -2.99. The maximum absolute atomic E-state index is 12.6. The number of H-pyrrole nitrogens is 1. The number of hydrogen-bond donors (Lipinski definition) is 2. The zero-order chi connectivity index (χ0) is 18.1. The highest BCUT2D eigenvalue weighted by Crippen LogP contribution is 2.26. The highest BCUT2D eigenvalue weighted by molar-refractivity contribution is 6.35. The van der Waals surface area contributed by atoms with Crippen molar-refractivity contribution in [3.8, 4) is 5.75 Å². The standard InChI is InChI=1S/C19H16ClN3O3.CH4/c20-15-8-4-7-14-12(10-21-17(14)15)9-16-18(24)23(19(25)22-16)11-26-13-5-2-1-3-6-13;/h1-8,10,16,21H,9,11H2,(H,22,25);1H4/t16-;/m1./s1. The van der Waals surface area contributed by atoms with Crippen LogP contribution in [0.5, 0.6) is 5.75 Å². The maximum Gasteiger partial charge on any atom is 0.327 e. The average Bonchev–Trinajstić information content (AvgIpc) is 3.17. The van der Waals surface area contributed by atoms with Crippen LogP contribution in [-0.2, 0) is 11.2 Å². The molecule has 1 atom stereocenters. The van der Waals surface area contributed by atoms with Gasteiger partial charge in [0, 0.05) is 18.0 Å². The lowest BCUT2D eigenvalue weighted by atomic mass is 10.1. The third-order valence-electron chi connectivity index (χ3n) is 4.38. The van der Waals surface area contributed by atoms with Gasteiger partial charge >= 0.3 is 6.03 Å². The summed E-state index contributed by atoms with van der Waals surface area (Å²) in [6.07, 6.45) is 2.20. The van der Waals surface area contributed by atoms with E-state index in [1.165, 1.54) is 0 Å². The van der Waals surface area contributed by atoms with E-state index in [1.54, 1.807) is 18.2 Å². The number of nitrogens with one attached hydrogen (secondary N) is 2. The lowest BCUT2D eigenvalue weighted by Crippen LogP contribution is -2.35. The second kappa shape index (κ2) is 7.72. The minimum absolute atomic E-state index is 0. The van der Waals surface area contributed by atoms with Crippen LogP contribution in [0.15, 0.2) is 54.7 Å². The second-order valence-corrected chi connectivity index (χ2v) is 6.44. The molecular formula is C20H20ClN3O3. The Balaban J connectivity index is 0.00000210. The number of urea groups is 1. The van der Waals surface area contributed by atoms with Crippen molar-refractivity contribution in [3.63, 3.8) is 0 Å². The maximum atomic E-state index is 12.6. The number of nitrogens with zero attached hydrogens (tertiary/aromatic N) is 1. The van der Waals surface area contributed by atoms with E-state index in [0.717, 1.165) is 21.4 Å². The molecule has 7 heteroatoms. The molecule has 1 saturated heterocycles. The van der Waals surface area contributed by atoms with Crippen LogP contribution in [-0.4, -0.2) is 34.6 Å². The van der Waals surface area contributed by atoms with Crippen molar-refractivity contribution in [2.24, 2.45) is 0 Å². The normalized spacial score (nSPS) is 16.3. The fourth-order valence-electron chi connectivity index (χ4n) is 3.06. The molecule has 1 aliphatic rings. The van der Waals surface area contributed by atoms with Gasteiger partial charge in [0.1, 0.15) is 11.8 Å². The predicted octanol–water partition coefficient (Wildman–Crippen LogP) is 3.96. The van der Waals surface area contributed by atoms with Crippen molar-refractivity contribution in [3.05, 3.63) is 65.3 Å². The van der Waals surface area contributed by atoms with Crippen molar-refractivity contribution in [2.75, 3.05) is 6.73 Å². The lowest BCUT2D eigenvalue weighted by Gasteiger charge is -2.14. The smallest absolute Gasteiger partial charge is 0.327 e. The van der Waals surface area contributed by atoms with E-state index in [4.69, 9.17) is 16.3 Å². The quantitative estimate of drug-likeness (QED) is 0.653. The van der Waals surface area contributed by atoms with Crippen LogP contribution in [0.25, 0.3) is 10.9 Å². The third kappa shape index (κ3) is 3.61. The molecule has 1 aromatic heterocycles. The minimum Gasteiger partial charge on any atom is -0.472 e. The molecule has 1 fully saturated rings. The first-order valence-electron chi connectivity index (χ1n) is 8.17. The van der Waals surface area contributed by atoms with Crippen LogP contribution < -0.4 is 10.1 Å². The predicted molar refractivity (Wildman–Crippen MR) is 105 cm³/mol. The molecule has 2 aromatic carbocycles. The number of benzene rings is 2. The molecule has 2 heterocycles. The number of amides is 3. The van der Waals surface area contributed by atoms with Gasteiger partial charge in [-0.05, 0) is 23.8 Å². The highest BCUT2D eigenvalue weighted by Gasteiger charge is 2.38. The number of imide groups is 1. The molecule has 6 nitrogen and oxygen atoms in total. The van der Waals surface area contributed by atoms with E-state index in [9.17, 15) is 9.59 Å². The molecule has 0 bridgehead atoms. The summed E-state index contributed by atoms with van der Waals surface area (Å²) >= 11 is 6.17. The number of ether oxygens (including phenoxy) is 1. The van der Waals surface area contributed by atoms with Gasteiger partial charge in [-0.25, -0.2) is 9.69 Å². The van der Waals surface area contributed by atoms with Crippen LogP contribution in [0.3, 0.4) is 0 Å². The number of halogens is 1. The van der Waals surface area contributed by atoms with Gasteiger partial charge in [-0.2, -0.15) is 0 Å². The summed E-state index contributed by atoms with van der Waals surface area (Å²) in [4.78, 5) is 28.9. The Kier molecular flexibility index (Phi) is 5.37. The van der Waals surface area contributed by atoms with E-state index in [1.807, 2.05) is 36.5 Å². The van der Waals surface area contributed by atoms with Gasteiger partial charge in [-0.1, -0.05) is 49.4 Å². The first-order valence-corrected chi connectivity index (χ1v) is 8.55. The molecular weight excluding hydrogens is 366 g/mol. The number of aromatic amines is 1. The molecule has 0 saturated carbocycles. The average molecular weight is 386 g/mol. The summed E-state index contributed by atoms with van der Waals surface area (Å²) in [6.45, 7) is -0.120. The van der Waals surface area contributed by atoms with E-state index in [-0.39, 0.29) is 20.1 Å². The molecule has 0 radical (unpaired) electrons. The van der Waals surface area contributed by atoms with Gasteiger partial charge in [0.15, 0.2) is 6.73 Å². The number of hydrogen-bond acceptors (Lipinski definition) is 3. The van der Waals surface area contributed by atoms with Crippen molar-refractivity contribution < 1.29 is 14.3 Å². The van der Waals surface area contributed by atoms with E-state index < -0.39 is 12.1 Å². The number of para-hydroxylation sites is 2. The molecule has 27 heavy (non-hydrogen) atoms. The Labute approximate surface area is 162 Å². The van der Waals surface area contributed by atoms with Crippen LogP contribution in [0, 0.1) is 0 Å². The van der Waals surface area contributed by atoms with Crippen molar-refractivity contribution in [1.29, 1.82) is 0 Å². The Morgan fingerprint density at radius 1 is 1.07 bits per heavy atom. The highest BCUT2D eigenvalue weighted by atomic mass is 35.5. The molecule has 0 spiro atoms. The molecule has 2 N–H and O–H groups in total. The fourth-order valence-corrected chi connectivity index (χ4v) is 3.29. The van der Waals surface area contributed by atoms with Gasteiger partial charge in [0.25, 0.3) is 5.91 Å². The Bertz CT molecular complexity index is 971. The van der Waals surface area contributed by atoms with Crippen LogP contribution in [0.2, 0.25) is 5.02 Å². The summed E-state index contributed by atoms with van der Waals surface area (Å²) in [5, 5.41) is 4.28. The van der Waals surface area contributed by atoms with Crippen LogP contribution in [0.1, 0.15) is 13.0 Å². The molecule has 0 aliphatic carbocycles. The van der Waals surface area contributed by atoms with Gasteiger partial charge in [0.05, 0.1) is 10.5 Å². The van der Waals surface area contributed by atoms with Crippen molar-refractivity contribution in [2.45, 2.75) is 19.9 Å². The molecule has 1 aliphatic heterocycles. The molecule has 0 unspecified atom stereocenters. The molecule has 3 amide bonds. The number of carbonyl (C=O) groups is 2. The first-order chi connectivity index (χ1) is 12.6. The van der Waals surface area contributed by atoms with Crippen LogP contribution in [0.4, 0.5) is 4.79 Å². The van der Waals surface area contributed by atoms with Gasteiger partial charge in [-0.3, -0.25) is 4.79 Å². The van der Waals surface area contributed by atoms with E-state index in [2.05, 4.69) is 10.3 Å². The third-order valence-corrected chi connectivity index (χ3v) is 4.70. The summed E-state index contributed by atoms with van der Waals surface area (Å²) in [5.74, 6) is 0.296. The molecule has 140 valence electrons. The summed E-state index contributed by atoms with van der Waals surface area (Å²) in [5.41, 5.74) is 1.75. The largest absolute Gasteiger partial charge is 0.472 e. The molecule has 3 aromatic rings. The zero-order valence-electron chi connectivity index (χ0n) is 13.7. The number of fused-ring (bicyclic) bond motifs is 1. The topological polar surface area (TPSA) is 74.4 Å². The van der Waals surface area contributed by atoms with Crippen molar-refractivity contribution in [1.82, 2.24) is 15.2 Å². The number of carbonyl (C=O) groups excluding carboxylic acids is 2. The summed E-state index contributed by atoms with van der Waals surface area (Å²) in [6, 6.07) is 13.6. The SMILES string of the molecule is C.O=C1N[C@H](Cc2c[nH]c3c(Cl)cccc23)C(=O)N1COc1ccccc1. The zero-order valence-corrected chi connectivity index (χ0v) is 14.5. The fraction of sp³-hybridized carbons (Fsp3) is 0.200. The van der Waals surface area contributed by atoms with E-state index in [0.29, 0.717) is 17.2 Å². The molecule has 4 rings (SSSR count). The van der Waals surface area contributed by atoms with Gasteiger partial charge in [0.2, 0.25) is 0 Å². The monoisotopic (exact) mass is 385 g/mol. The van der Waals surface area contributed by atoms with Crippen molar-refractivity contribution >= 4 is 34.4 Å². The van der Waals surface area contributed by atoms with E-state index >= 15 is 0 Å². The Morgan fingerprint density at radius 3 is 2.63 bits per heavy atom.